The van der Waals surface area contributed by atoms with Crippen molar-refractivity contribution < 1.29 is 27.8 Å². The van der Waals surface area contributed by atoms with Crippen molar-refractivity contribution in [3.8, 4) is 5.75 Å². The maximum atomic E-state index is 14.0. The molecule has 0 unspecified atom stereocenters. The zero-order valence-corrected chi connectivity index (χ0v) is 19.3. The number of fused-ring (bicyclic) bond motifs is 1. The summed E-state index contributed by atoms with van der Waals surface area (Å²) >= 11 is 0. The Morgan fingerprint density at radius 2 is 1.71 bits per heavy atom. The highest BCUT2D eigenvalue weighted by Gasteiger charge is 2.68. The van der Waals surface area contributed by atoms with Gasteiger partial charge in [0, 0.05) is 11.1 Å². The number of hydrogen-bond donors (Lipinski definition) is 1. The van der Waals surface area contributed by atoms with Gasteiger partial charge in [-0.2, -0.15) is 23.3 Å². The summed E-state index contributed by atoms with van der Waals surface area (Å²) in [4.78, 5) is 12.8. The molecular weight excluding hydrogens is 445 g/mol. The number of hydrogen-bond acceptors (Lipinski definition) is 4. The first-order chi connectivity index (χ1) is 16.0. The number of rotatable bonds is 5. The first-order valence-corrected chi connectivity index (χ1v) is 11.5. The van der Waals surface area contributed by atoms with Crippen LogP contribution in [0.25, 0.3) is 0 Å². The smallest absolute Gasteiger partial charge is 0.439 e. The van der Waals surface area contributed by atoms with E-state index in [1.165, 1.54) is 0 Å². The molecule has 4 rings (SSSR count). The molecule has 1 fully saturated rings. The minimum Gasteiger partial charge on any atom is -0.484 e. The van der Waals surface area contributed by atoms with Gasteiger partial charge >= 0.3 is 6.18 Å². The number of carbonyl (C=O) groups is 1. The average Bonchev–Trinajstić information content (AvgIpc) is 2.96. The van der Waals surface area contributed by atoms with Crippen molar-refractivity contribution in [1.82, 2.24) is 5.01 Å². The fourth-order valence-electron chi connectivity index (χ4n) is 4.84. The number of amides is 1. The number of ether oxygens (including phenoxy) is 1. The predicted octanol–water partition coefficient (Wildman–Crippen LogP) is 5.42. The molecule has 0 aromatic heterocycles. The molecule has 2 atom stereocenters. The highest BCUT2D eigenvalue weighted by atomic mass is 19.4. The molecule has 1 heterocycles. The van der Waals surface area contributed by atoms with Crippen LogP contribution in [-0.4, -0.2) is 40.2 Å². The van der Waals surface area contributed by atoms with E-state index in [1.807, 2.05) is 42.5 Å². The predicted molar refractivity (Wildman–Crippen MR) is 122 cm³/mol. The van der Waals surface area contributed by atoms with Crippen molar-refractivity contribution in [2.75, 3.05) is 6.61 Å². The van der Waals surface area contributed by atoms with Gasteiger partial charge in [0.25, 0.3) is 11.6 Å². The van der Waals surface area contributed by atoms with E-state index in [9.17, 15) is 23.1 Å². The summed E-state index contributed by atoms with van der Waals surface area (Å²) in [5.74, 6) is -1.93. The van der Waals surface area contributed by atoms with Gasteiger partial charge in [0.2, 0.25) is 0 Å². The van der Waals surface area contributed by atoms with Gasteiger partial charge in [-0.25, -0.2) is 0 Å². The van der Waals surface area contributed by atoms with E-state index in [0.717, 1.165) is 17.5 Å². The highest BCUT2D eigenvalue weighted by molar-refractivity contribution is 5.93. The molecular formula is C26H29F3N2O3. The Morgan fingerprint density at radius 3 is 2.35 bits per heavy atom. The zero-order chi connectivity index (χ0) is 24.6. The summed E-state index contributed by atoms with van der Waals surface area (Å²) in [6, 6.07) is 17.1. The molecule has 2 aromatic carbocycles. The number of benzene rings is 2. The van der Waals surface area contributed by atoms with Crippen LogP contribution < -0.4 is 4.74 Å². The van der Waals surface area contributed by atoms with Crippen LogP contribution in [0, 0.1) is 5.92 Å². The third-order valence-corrected chi connectivity index (χ3v) is 6.95. The highest BCUT2D eigenvalue weighted by Crippen LogP contribution is 2.47. The van der Waals surface area contributed by atoms with Crippen molar-refractivity contribution in [2.45, 2.75) is 63.3 Å². The van der Waals surface area contributed by atoms with Gasteiger partial charge < -0.3 is 9.84 Å². The van der Waals surface area contributed by atoms with Gasteiger partial charge in [0.1, 0.15) is 5.75 Å². The molecule has 1 aliphatic heterocycles. The third-order valence-electron chi connectivity index (χ3n) is 6.95. The molecule has 0 radical (unpaired) electrons. The molecule has 1 N–H and O–H groups in total. The Balaban J connectivity index is 1.48. The summed E-state index contributed by atoms with van der Waals surface area (Å²) in [5.41, 5.74) is -1.21. The second kappa shape index (κ2) is 9.06. The number of halogens is 3. The van der Waals surface area contributed by atoms with Gasteiger partial charge in [0.15, 0.2) is 6.61 Å². The molecule has 2 aliphatic rings. The van der Waals surface area contributed by atoms with Gasteiger partial charge in [-0.3, -0.25) is 4.79 Å². The van der Waals surface area contributed by atoms with Gasteiger partial charge in [-0.15, -0.1) is 0 Å². The largest absolute Gasteiger partial charge is 0.484 e. The molecule has 1 saturated carbocycles. The van der Waals surface area contributed by atoms with Gasteiger partial charge in [-0.05, 0) is 42.5 Å². The van der Waals surface area contributed by atoms with Gasteiger partial charge in [0.05, 0.1) is 5.92 Å². The lowest BCUT2D eigenvalue weighted by molar-refractivity contribution is -0.317. The number of nitrogens with zero attached hydrogens (tertiary/aromatic N) is 2. The second-order valence-corrected chi connectivity index (χ2v) is 9.48. The molecule has 1 aliphatic carbocycles. The Hall–Kier alpha value is -2.87. The molecule has 182 valence electrons. The van der Waals surface area contributed by atoms with Crippen molar-refractivity contribution in [3.05, 3.63) is 65.7 Å². The van der Waals surface area contributed by atoms with Crippen LogP contribution in [0.15, 0.2) is 59.7 Å². The van der Waals surface area contributed by atoms with Crippen molar-refractivity contribution in [1.29, 1.82) is 0 Å². The fourth-order valence-corrected chi connectivity index (χ4v) is 4.84. The molecule has 0 spiro atoms. The van der Waals surface area contributed by atoms with Crippen molar-refractivity contribution >= 4 is 11.6 Å². The van der Waals surface area contributed by atoms with Crippen LogP contribution in [0.5, 0.6) is 5.75 Å². The summed E-state index contributed by atoms with van der Waals surface area (Å²) < 4.78 is 47.4. The Labute approximate surface area is 197 Å². The summed E-state index contributed by atoms with van der Waals surface area (Å²) in [5, 5.41) is 14.9. The SMILES string of the molecule is CC(C)(c1ccccc1)c1ccc(OCC(=O)N2N=C3CCCCC[C@@H]3[C@@]2(O)C(F)(F)F)cc1. The van der Waals surface area contributed by atoms with E-state index in [-0.39, 0.29) is 22.6 Å². The second-order valence-electron chi connectivity index (χ2n) is 9.48. The monoisotopic (exact) mass is 474 g/mol. The number of hydrazone groups is 1. The van der Waals surface area contributed by atoms with Crippen molar-refractivity contribution in [3.63, 3.8) is 0 Å². The first-order valence-electron chi connectivity index (χ1n) is 11.5. The first kappa shape index (κ1) is 24.3. The quantitative estimate of drug-likeness (QED) is 0.630. The standard InChI is InChI=1S/C26H29F3N2O3/c1-24(2,18-9-5-3-6-10-18)19-13-15-20(16-14-19)34-17-23(32)31-25(33,26(27,28)29)21-11-7-4-8-12-22(21)30-31/h3,5-6,9-10,13-16,21,33H,4,7-8,11-12,17H2,1-2H3/t21-,25+/m0/s1. The normalized spacial score (nSPS) is 23.2. The Bertz CT molecular complexity index is 1050. The van der Waals surface area contributed by atoms with Gasteiger partial charge in [-0.1, -0.05) is 69.2 Å². The fraction of sp³-hybridized carbons (Fsp3) is 0.462. The molecule has 0 saturated heterocycles. The summed E-state index contributed by atoms with van der Waals surface area (Å²) in [6.07, 6.45) is -2.55. The average molecular weight is 475 g/mol. The van der Waals surface area contributed by atoms with E-state index < -0.39 is 30.3 Å². The van der Waals surface area contributed by atoms with E-state index >= 15 is 0 Å². The summed E-state index contributed by atoms with van der Waals surface area (Å²) in [7, 11) is 0. The van der Waals surface area contributed by atoms with E-state index in [2.05, 4.69) is 18.9 Å². The topological polar surface area (TPSA) is 62.1 Å². The maximum absolute atomic E-state index is 14.0. The van der Waals surface area contributed by atoms with Crippen LogP contribution in [0.2, 0.25) is 0 Å². The molecule has 8 heteroatoms. The lowest BCUT2D eigenvalue weighted by Crippen LogP contribution is -2.61. The minimum absolute atomic E-state index is 0.137. The minimum atomic E-state index is -5.03. The van der Waals surface area contributed by atoms with Crippen LogP contribution in [0.4, 0.5) is 13.2 Å². The van der Waals surface area contributed by atoms with E-state index in [0.29, 0.717) is 25.0 Å². The number of carbonyl (C=O) groups excluding carboxylic acids is 1. The zero-order valence-electron chi connectivity index (χ0n) is 19.3. The molecule has 1 amide bonds. The molecule has 34 heavy (non-hydrogen) atoms. The lowest BCUT2D eigenvalue weighted by Gasteiger charge is -2.37. The summed E-state index contributed by atoms with van der Waals surface area (Å²) in [6.45, 7) is 3.52. The van der Waals surface area contributed by atoms with E-state index in [4.69, 9.17) is 4.74 Å². The van der Waals surface area contributed by atoms with Crippen LogP contribution in [-0.2, 0) is 10.2 Å². The van der Waals surface area contributed by atoms with Crippen LogP contribution in [0.3, 0.4) is 0 Å². The molecule has 0 bridgehead atoms. The van der Waals surface area contributed by atoms with Crippen LogP contribution >= 0.6 is 0 Å². The van der Waals surface area contributed by atoms with E-state index in [1.54, 1.807) is 12.1 Å². The van der Waals surface area contributed by atoms with Crippen molar-refractivity contribution in [2.24, 2.45) is 11.0 Å². The Kier molecular flexibility index (Phi) is 6.46. The lowest BCUT2D eigenvalue weighted by atomic mass is 9.78. The third kappa shape index (κ3) is 4.31. The number of aliphatic hydroxyl groups is 1. The maximum Gasteiger partial charge on any atom is 0.439 e. The number of alkyl halides is 3. The Morgan fingerprint density at radius 1 is 1.06 bits per heavy atom. The molecule has 5 nitrogen and oxygen atoms in total. The molecule has 2 aromatic rings. The van der Waals surface area contributed by atoms with Crippen LogP contribution in [0.1, 0.15) is 57.1 Å².